The molecule has 0 saturated carbocycles. The fourth-order valence-electron chi connectivity index (χ4n) is 2.48. The third-order valence-corrected chi connectivity index (χ3v) is 4.46. The first-order valence-electron chi connectivity index (χ1n) is 7.91. The molecule has 126 valence electrons. The fourth-order valence-corrected chi connectivity index (χ4v) is 3.63. The van der Waals surface area contributed by atoms with Crippen molar-refractivity contribution >= 4 is 29.3 Å². The van der Waals surface area contributed by atoms with Gasteiger partial charge in [0.2, 0.25) is 11.8 Å². The van der Waals surface area contributed by atoms with Crippen LogP contribution < -0.4 is 10.2 Å². The fraction of sp³-hybridized carbons (Fsp3) is 0.588. The zero-order valence-corrected chi connectivity index (χ0v) is 15.2. The highest BCUT2D eigenvalue weighted by molar-refractivity contribution is 8.00. The highest BCUT2D eigenvalue weighted by atomic mass is 32.2. The lowest BCUT2D eigenvalue weighted by Crippen LogP contribution is -2.47. The zero-order chi connectivity index (χ0) is 17.2. The number of anilines is 1. The maximum absolute atomic E-state index is 12.8. The van der Waals surface area contributed by atoms with Crippen LogP contribution in [0.4, 0.5) is 5.69 Å². The van der Waals surface area contributed by atoms with Gasteiger partial charge in [0, 0.05) is 24.7 Å². The number of rotatable bonds is 4. The van der Waals surface area contributed by atoms with E-state index in [1.165, 1.54) is 11.8 Å². The summed E-state index contributed by atoms with van der Waals surface area (Å²) in [5.41, 5.74) is 0.552. The summed E-state index contributed by atoms with van der Waals surface area (Å²) in [6.07, 6.45) is 1.90. The largest absolute Gasteiger partial charge is 0.351 e. The van der Waals surface area contributed by atoms with Gasteiger partial charge in [0.05, 0.1) is 10.9 Å². The molecule has 6 heteroatoms. The standard InChI is InChI=1S/C17H25N3O2S/c1-11(2)10-20-12-7-6-8-18-15(12)23-13(16(20)22)9-14(21)19-17(3,4)5/h6-8,11,13H,9-10H2,1-5H3,(H,19,21). The zero-order valence-electron chi connectivity index (χ0n) is 14.4. The van der Waals surface area contributed by atoms with Gasteiger partial charge in [-0.3, -0.25) is 9.59 Å². The van der Waals surface area contributed by atoms with Gasteiger partial charge in [-0.2, -0.15) is 0 Å². The molecule has 0 saturated heterocycles. The van der Waals surface area contributed by atoms with E-state index in [0.717, 1.165) is 10.7 Å². The predicted octanol–water partition coefficient (Wildman–Crippen LogP) is 2.85. The summed E-state index contributed by atoms with van der Waals surface area (Å²) in [5.74, 6) is 0.236. The van der Waals surface area contributed by atoms with E-state index in [1.807, 2.05) is 32.9 Å². The van der Waals surface area contributed by atoms with Gasteiger partial charge in [-0.05, 0) is 38.8 Å². The second-order valence-electron chi connectivity index (χ2n) is 7.28. The Labute approximate surface area is 142 Å². The first-order valence-corrected chi connectivity index (χ1v) is 8.79. The maximum atomic E-state index is 12.8. The van der Waals surface area contributed by atoms with Crippen LogP contribution in [-0.2, 0) is 9.59 Å². The highest BCUT2D eigenvalue weighted by Crippen LogP contribution is 2.39. The lowest BCUT2D eigenvalue weighted by atomic mass is 10.1. The number of amides is 2. The Morgan fingerprint density at radius 2 is 2.13 bits per heavy atom. The number of fused-ring (bicyclic) bond motifs is 1. The van der Waals surface area contributed by atoms with E-state index in [2.05, 4.69) is 24.1 Å². The number of nitrogens with zero attached hydrogens (tertiary/aromatic N) is 2. The molecule has 1 aliphatic rings. The van der Waals surface area contributed by atoms with E-state index < -0.39 is 5.25 Å². The lowest BCUT2D eigenvalue weighted by molar-refractivity contribution is -0.125. The Kier molecular flexibility index (Phi) is 5.34. The molecule has 5 nitrogen and oxygen atoms in total. The molecule has 0 fully saturated rings. The van der Waals surface area contributed by atoms with Gasteiger partial charge < -0.3 is 10.2 Å². The molecule has 0 spiro atoms. The van der Waals surface area contributed by atoms with Crippen molar-refractivity contribution in [1.29, 1.82) is 0 Å². The molecule has 1 atom stereocenters. The molecule has 2 heterocycles. The number of nitrogens with one attached hydrogen (secondary N) is 1. The Balaban J connectivity index is 2.20. The number of hydrogen-bond donors (Lipinski definition) is 1. The maximum Gasteiger partial charge on any atom is 0.241 e. The number of carbonyl (C=O) groups excluding carboxylic acids is 2. The highest BCUT2D eigenvalue weighted by Gasteiger charge is 2.36. The second-order valence-corrected chi connectivity index (χ2v) is 8.47. The smallest absolute Gasteiger partial charge is 0.241 e. The third-order valence-electron chi connectivity index (χ3n) is 3.27. The van der Waals surface area contributed by atoms with Gasteiger partial charge in [-0.25, -0.2) is 4.98 Å². The van der Waals surface area contributed by atoms with E-state index in [0.29, 0.717) is 12.5 Å². The van der Waals surface area contributed by atoms with Crippen molar-refractivity contribution in [2.24, 2.45) is 5.92 Å². The molecule has 0 radical (unpaired) electrons. The van der Waals surface area contributed by atoms with Crippen molar-refractivity contribution in [3.63, 3.8) is 0 Å². The number of aromatic nitrogens is 1. The van der Waals surface area contributed by atoms with Crippen LogP contribution in [-0.4, -0.2) is 34.1 Å². The second kappa shape index (κ2) is 6.91. The number of pyridine rings is 1. The summed E-state index contributed by atoms with van der Waals surface area (Å²) in [7, 11) is 0. The van der Waals surface area contributed by atoms with E-state index in [-0.39, 0.29) is 23.8 Å². The average Bonchev–Trinajstić information content (AvgIpc) is 2.41. The summed E-state index contributed by atoms with van der Waals surface area (Å²) < 4.78 is 0. The first-order chi connectivity index (χ1) is 10.7. The van der Waals surface area contributed by atoms with Gasteiger partial charge in [-0.1, -0.05) is 25.6 Å². The van der Waals surface area contributed by atoms with E-state index in [4.69, 9.17) is 0 Å². The topological polar surface area (TPSA) is 62.3 Å². The molecular weight excluding hydrogens is 310 g/mol. The molecule has 1 N–H and O–H groups in total. The van der Waals surface area contributed by atoms with Crippen LogP contribution in [0.5, 0.6) is 0 Å². The quantitative estimate of drug-likeness (QED) is 0.919. The molecule has 0 aromatic carbocycles. The van der Waals surface area contributed by atoms with Crippen molar-refractivity contribution < 1.29 is 9.59 Å². The van der Waals surface area contributed by atoms with Gasteiger partial charge in [0.25, 0.3) is 0 Å². The van der Waals surface area contributed by atoms with Crippen LogP contribution in [0.3, 0.4) is 0 Å². The van der Waals surface area contributed by atoms with Gasteiger partial charge in [-0.15, -0.1) is 0 Å². The molecule has 1 aliphatic heterocycles. The molecule has 0 bridgehead atoms. The van der Waals surface area contributed by atoms with Crippen LogP contribution in [0.2, 0.25) is 0 Å². The summed E-state index contributed by atoms with van der Waals surface area (Å²) in [6, 6.07) is 3.76. The minimum absolute atomic E-state index is 0.00624. The van der Waals surface area contributed by atoms with Crippen molar-refractivity contribution in [3.8, 4) is 0 Å². The number of thioether (sulfide) groups is 1. The van der Waals surface area contributed by atoms with E-state index >= 15 is 0 Å². The summed E-state index contributed by atoms with van der Waals surface area (Å²) in [5, 5.41) is 3.33. The van der Waals surface area contributed by atoms with Crippen molar-refractivity contribution in [1.82, 2.24) is 10.3 Å². The van der Waals surface area contributed by atoms with E-state index in [1.54, 1.807) is 11.1 Å². The Morgan fingerprint density at radius 1 is 1.43 bits per heavy atom. The Bertz CT molecular complexity index is 596. The summed E-state index contributed by atoms with van der Waals surface area (Å²) >= 11 is 1.39. The average molecular weight is 335 g/mol. The molecular formula is C17H25N3O2S. The van der Waals surface area contributed by atoms with Gasteiger partial charge >= 0.3 is 0 Å². The van der Waals surface area contributed by atoms with Crippen molar-refractivity contribution in [3.05, 3.63) is 18.3 Å². The molecule has 1 aromatic rings. The summed E-state index contributed by atoms with van der Waals surface area (Å²) in [6.45, 7) is 10.6. The number of hydrogen-bond acceptors (Lipinski definition) is 4. The third kappa shape index (κ3) is 4.70. The van der Waals surface area contributed by atoms with Crippen LogP contribution in [0.25, 0.3) is 0 Å². The monoisotopic (exact) mass is 335 g/mol. The van der Waals surface area contributed by atoms with Gasteiger partial charge in [0.15, 0.2) is 0 Å². The molecule has 1 aromatic heterocycles. The SMILES string of the molecule is CC(C)CN1C(=O)C(CC(=O)NC(C)(C)C)Sc2ncccc21. The van der Waals surface area contributed by atoms with Crippen molar-refractivity contribution in [2.75, 3.05) is 11.4 Å². The normalized spacial score (nSPS) is 18.1. The predicted molar refractivity (Wildman–Crippen MR) is 93.6 cm³/mol. The minimum atomic E-state index is -0.418. The number of carbonyl (C=O) groups is 2. The van der Waals surface area contributed by atoms with Crippen molar-refractivity contribution in [2.45, 2.75) is 56.9 Å². The summed E-state index contributed by atoms with van der Waals surface area (Å²) in [4.78, 5) is 31.2. The van der Waals surface area contributed by atoms with E-state index in [9.17, 15) is 9.59 Å². The van der Waals surface area contributed by atoms with Crippen LogP contribution >= 0.6 is 11.8 Å². The molecule has 0 aliphatic carbocycles. The Morgan fingerprint density at radius 3 is 2.74 bits per heavy atom. The van der Waals surface area contributed by atoms with Crippen LogP contribution in [0.15, 0.2) is 23.4 Å². The lowest BCUT2D eigenvalue weighted by Gasteiger charge is -2.34. The van der Waals surface area contributed by atoms with Gasteiger partial charge in [0.1, 0.15) is 5.03 Å². The Hall–Kier alpha value is -1.56. The molecule has 2 rings (SSSR count). The molecule has 23 heavy (non-hydrogen) atoms. The first kappa shape index (κ1) is 17.8. The van der Waals surface area contributed by atoms with Crippen LogP contribution in [0.1, 0.15) is 41.0 Å². The van der Waals surface area contributed by atoms with Crippen LogP contribution in [0, 0.1) is 5.92 Å². The minimum Gasteiger partial charge on any atom is -0.351 e. The molecule has 2 amide bonds. The molecule has 1 unspecified atom stereocenters.